The first-order valence-corrected chi connectivity index (χ1v) is 9.51. The summed E-state index contributed by atoms with van der Waals surface area (Å²) in [6, 6.07) is 6.16. The van der Waals surface area contributed by atoms with Crippen LogP contribution in [0.1, 0.15) is 16.0 Å². The van der Waals surface area contributed by atoms with Crippen molar-refractivity contribution in [2.24, 2.45) is 14.1 Å². The van der Waals surface area contributed by atoms with Crippen molar-refractivity contribution in [2.75, 3.05) is 0 Å². The van der Waals surface area contributed by atoms with Crippen LogP contribution in [0.5, 0.6) is 0 Å². The molecule has 0 aliphatic heterocycles. The quantitative estimate of drug-likeness (QED) is 0.463. The summed E-state index contributed by atoms with van der Waals surface area (Å²) in [6.07, 6.45) is 0. The van der Waals surface area contributed by atoms with E-state index in [-0.39, 0.29) is 10.5 Å². The van der Waals surface area contributed by atoms with Crippen molar-refractivity contribution in [1.82, 2.24) is 9.13 Å². The van der Waals surface area contributed by atoms with Crippen molar-refractivity contribution in [3.05, 3.63) is 53.4 Å². The van der Waals surface area contributed by atoms with Gasteiger partial charge in [-0.3, -0.25) is 9.13 Å². The molecule has 0 amide bonds. The van der Waals surface area contributed by atoms with E-state index >= 15 is 0 Å². The third-order valence-corrected chi connectivity index (χ3v) is 6.78. The number of alkyl halides is 1. The fourth-order valence-electron chi connectivity index (χ4n) is 2.37. The van der Waals surface area contributed by atoms with E-state index in [2.05, 4.69) is 65.3 Å². The standard InChI is InChI=1S/C14H11Br3N2OS/c1-18-10-4-8(13(17)7-3-12(16)21-6-7)9(15)5-11(10)19(2)14(18)20/h3-6,13H,1-2H3. The van der Waals surface area contributed by atoms with Crippen molar-refractivity contribution >= 4 is 70.2 Å². The largest absolute Gasteiger partial charge is 0.328 e. The van der Waals surface area contributed by atoms with Crippen molar-refractivity contribution in [2.45, 2.75) is 4.83 Å². The summed E-state index contributed by atoms with van der Waals surface area (Å²) in [5.41, 5.74) is 4.13. The molecule has 1 atom stereocenters. The normalized spacial score (nSPS) is 13.0. The van der Waals surface area contributed by atoms with Gasteiger partial charge in [-0.15, -0.1) is 11.3 Å². The Balaban J connectivity index is 2.21. The molecule has 1 aromatic carbocycles. The summed E-state index contributed by atoms with van der Waals surface area (Å²) >= 11 is 12.5. The molecule has 0 spiro atoms. The van der Waals surface area contributed by atoms with Crippen LogP contribution in [0.2, 0.25) is 0 Å². The Hall–Kier alpha value is -0.370. The SMILES string of the molecule is Cn1c(=O)n(C)c2cc(C(Br)c3csc(Br)c3)c(Br)cc21. The molecule has 21 heavy (non-hydrogen) atoms. The minimum Gasteiger partial charge on any atom is -0.295 e. The highest BCUT2D eigenvalue weighted by Crippen LogP contribution is 2.39. The minimum atomic E-state index is -0.0153. The lowest BCUT2D eigenvalue weighted by atomic mass is 10.1. The molecule has 0 radical (unpaired) electrons. The molecule has 1 unspecified atom stereocenters. The van der Waals surface area contributed by atoms with Crippen molar-refractivity contribution in [3.8, 4) is 0 Å². The number of hydrogen-bond donors (Lipinski definition) is 0. The number of nitrogens with zero attached hydrogens (tertiary/aromatic N) is 2. The van der Waals surface area contributed by atoms with Gasteiger partial charge >= 0.3 is 5.69 Å². The average molecular weight is 495 g/mol. The number of fused-ring (bicyclic) bond motifs is 1. The zero-order valence-electron chi connectivity index (χ0n) is 11.2. The zero-order chi connectivity index (χ0) is 15.3. The van der Waals surface area contributed by atoms with Crippen molar-refractivity contribution in [3.63, 3.8) is 0 Å². The van der Waals surface area contributed by atoms with Gasteiger partial charge in [-0.25, -0.2) is 4.79 Å². The second kappa shape index (κ2) is 5.68. The molecular weight excluding hydrogens is 484 g/mol. The Labute approximate surface area is 151 Å². The first kappa shape index (κ1) is 15.5. The highest BCUT2D eigenvalue weighted by molar-refractivity contribution is 9.11. The maximum atomic E-state index is 12.0. The number of halogens is 3. The minimum absolute atomic E-state index is 0.0153. The lowest BCUT2D eigenvalue weighted by molar-refractivity contribution is 0.795. The summed E-state index contributed by atoms with van der Waals surface area (Å²) in [5.74, 6) is 0. The van der Waals surface area contributed by atoms with Gasteiger partial charge in [0.15, 0.2) is 0 Å². The van der Waals surface area contributed by atoms with Crippen LogP contribution in [-0.4, -0.2) is 9.13 Å². The van der Waals surface area contributed by atoms with Gasteiger partial charge in [0.25, 0.3) is 0 Å². The fraction of sp³-hybridized carbons (Fsp3) is 0.214. The monoisotopic (exact) mass is 492 g/mol. The maximum absolute atomic E-state index is 12.0. The summed E-state index contributed by atoms with van der Waals surface area (Å²) in [4.78, 5) is 12.1. The third-order valence-electron chi connectivity index (χ3n) is 3.54. The molecule has 3 aromatic rings. The van der Waals surface area contributed by atoms with Gasteiger partial charge in [-0.2, -0.15) is 0 Å². The van der Waals surface area contributed by atoms with Gasteiger partial charge in [0, 0.05) is 18.6 Å². The average Bonchev–Trinajstić information content (AvgIpc) is 2.97. The van der Waals surface area contributed by atoms with E-state index in [1.54, 1.807) is 34.6 Å². The van der Waals surface area contributed by atoms with E-state index in [0.29, 0.717) is 0 Å². The summed E-state index contributed by atoms with van der Waals surface area (Å²) in [6.45, 7) is 0. The lowest BCUT2D eigenvalue weighted by Crippen LogP contribution is -2.19. The smallest absolute Gasteiger partial charge is 0.295 e. The van der Waals surface area contributed by atoms with Gasteiger partial charge in [-0.1, -0.05) is 31.9 Å². The van der Waals surface area contributed by atoms with E-state index in [0.717, 1.165) is 24.9 Å². The number of thiophene rings is 1. The number of aryl methyl sites for hydroxylation is 2. The van der Waals surface area contributed by atoms with Gasteiger partial charge in [-0.05, 0) is 50.6 Å². The first-order chi connectivity index (χ1) is 9.90. The topological polar surface area (TPSA) is 26.9 Å². The Bertz CT molecular complexity index is 894. The fourth-order valence-corrected chi connectivity index (χ4v) is 5.25. The Morgan fingerprint density at radius 1 is 1.10 bits per heavy atom. The van der Waals surface area contributed by atoms with Crippen LogP contribution in [0.3, 0.4) is 0 Å². The summed E-state index contributed by atoms with van der Waals surface area (Å²) in [7, 11) is 3.59. The highest BCUT2D eigenvalue weighted by atomic mass is 79.9. The first-order valence-electron chi connectivity index (χ1n) is 6.13. The van der Waals surface area contributed by atoms with E-state index in [1.165, 1.54) is 5.56 Å². The molecule has 0 aliphatic rings. The van der Waals surface area contributed by atoms with Gasteiger partial charge < -0.3 is 0 Å². The predicted molar refractivity (Wildman–Crippen MR) is 98.6 cm³/mol. The molecule has 0 saturated carbocycles. The van der Waals surface area contributed by atoms with Crippen LogP contribution in [-0.2, 0) is 14.1 Å². The van der Waals surface area contributed by atoms with Crippen LogP contribution in [0.4, 0.5) is 0 Å². The summed E-state index contributed by atoms with van der Waals surface area (Å²) < 4.78 is 5.43. The van der Waals surface area contributed by atoms with Crippen molar-refractivity contribution in [1.29, 1.82) is 0 Å². The van der Waals surface area contributed by atoms with Crippen molar-refractivity contribution < 1.29 is 0 Å². The molecule has 0 N–H and O–H groups in total. The van der Waals surface area contributed by atoms with Crippen LogP contribution in [0.25, 0.3) is 11.0 Å². The highest BCUT2D eigenvalue weighted by Gasteiger charge is 2.18. The number of aromatic nitrogens is 2. The lowest BCUT2D eigenvalue weighted by Gasteiger charge is -2.12. The van der Waals surface area contributed by atoms with E-state index < -0.39 is 0 Å². The zero-order valence-corrected chi connectivity index (χ0v) is 16.8. The molecule has 0 fully saturated rings. The molecule has 3 nitrogen and oxygen atoms in total. The molecule has 110 valence electrons. The second-order valence-corrected chi connectivity index (χ2v) is 8.87. The Kier molecular flexibility index (Phi) is 4.20. The number of hydrogen-bond acceptors (Lipinski definition) is 2. The van der Waals surface area contributed by atoms with Crippen LogP contribution in [0, 0.1) is 0 Å². The summed E-state index contributed by atoms with van der Waals surface area (Å²) in [5, 5.41) is 2.12. The van der Waals surface area contributed by atoms with Gasteiger partial charge in [0.1, 0.15) is 0 Å². The predicted octanol–water partition coefficient (Wildman–Crippen LogP) is 4.95. The molecule has 0 bridgehead atoms. The van der Waals surface area contributed by atoms with Crippen LogP contribution >= 0.6 is 59.1 Å². The Morgan fingerprint density at radius 2 is 1.71 bits per heavy atom. The molecule has 3 rings (SSSR count). The van der Waals surface area contributed by atoms with Crippen LogP contribution < -0.4 is 5.69 Å². The molecule has 0 aliphatic carbocycles. The third kappa shape index (κ3) is 2.58. The van der Waals surface area contributed by atoms with Gasteiger partial charge in [0.05, 0.1) is 19.6 Å². The molecular formula is C14H11Br3N2OS. The maximum Gasteiger partial charge on any atom is 0.328 e. The number of imidazole rings is 1. The van der Waals surface area contributed by atoms with Gasteiger partial charge in [0.2, 0.25) is 0 Å². The molecule has 7 heteroatoms. The van der Waals surface area contributed by atoms with E-state index in [4.69, 9.17) is 0 Å². The molecule has 2 heterocycles. The number of rotatable bonds is 2. The molecule has 0 saturated heterocycles. The van der Waals surface area contributed by atoms with Crippen LogP contribution in [0.15, 0.2) is 36.6 Å². The Morgan fingerprint density at radius 3 is 2.29 bits per heavy atom. The van der Waals surface area contributed by atoms with E-state index in [9.17, 15) is 4.79 Å². The van der Waals surface area contributed by atoms with E-state index in [1.807, 2.05) is 6.07 Å². The second-order valence-electron chi connectivity index (χ2n) is 4.81. The molecule has 2 aromatic heterocycles. The number of benzene rings is 1.